The van der Waals surface area contributed by atoms with Gasteiger partial charge in [-0.15, -0.1) is 0 Å². The summed E-state index contributed by atoms with van der Waals surface area (Å²) in [4.78, 5) is 29.7. The standard InChI is InChI=1S/C20H32N4O16P2S/c1-3-35-18-11(22-6-23-19(18)21)17-12(28)10(24-7(2)26)9(37-17)5-36-42(34,43)40-41(32,33)39-20-15(31)13(29)14(30)16(38-20)8(27)4-25/h3,6,8-10,12-17,20,25,27-31H,1,4-5H2,2H3,(H,24,26)(H,32,33)(H,34,43)(H2,21,22,23)/t8-,9+,10+,12+,13?,14?,15?,16?,17?,20?,42?/m0/s1. The molecule has 1 aromatic rings. The summed E-state index contributed by atoms with van der Waals surface area (Å²) in [6, 6.07) is -1.23. The predicted molar refractivity (Wildman–Crippen MR) is 143 cm³/mol. The number of rotatable bonds is 13. The molecule has 2 aliphatic heterocycles. The highest BCUT2D eigenvalue weighted by Gasteiger charge is 2.51. The lowest BCUT2D eigenvalue weighted by molar-refractivity contribution is -0.292. The Kier molecular flexibility index (Phi) is 12.1. The largest absolute Gasteiger partial charge is 0.482 e. The van der Waals surface area contributed by atoms with Crippen LogP contribution in [0.4, 0.5) is 5.82 Å². The molecule has 0 saturated carbocycles. The van der Waals surface area contributed by atoms with Crippen molar-refractivity contribution in [1.29, 1.82) is 0 Å². The van der Waals surface area contributed by atoms with Gasteiger partial charge in [0, 0.05) is 6.92 Å². The maximum Gasteiger partial charge on any atom is 0.482 e. The van der Waals surface area contributed by atoms with E-state index in [0.29, 0.717) is 0 Å². The lowest BCUT2D eigenvalue weighted by Gasteiger charge is -2.41. The molecule has 10 N–H and O–H groups in total. The van der Waals surface area contributed by atoms with E-state index < -0.39 is 94.9 Å². The minimum Gasteiger partial charge on any atom is -0.460 e. The number of hydrogen-bond acceptors (Lipinski definition) is 18. The first kappa shape index (κ1) is 35.7. The quantitative estimate of drug-likeness (QED) is 0.0573. The Bertz CT molecular complexity index is 1250. The second-order valence-electron chi connectivity index (χ2n) is 9.18. The van der Waals surface area contributed by atoms with E-state index in [1.165, 1.54) is 0 Å². The van der Waals surface area contributed by atoms with Crippen molar-refractivity contribution >= 4 is 38.6 Å². The fourth-order valence-corrected chi connectivity index (χ4v) is 7.40. The summed E-state index contributed by atoms with van der Waals surface area (Å²) in [6.07, 6.45) is -14.1. The number of nitrogens with one attached hydrogen (secondary N) is 1. The highest BCUT2D eigenvalue weighted by molar-refractivity contribution is 8.45. The molecule has 3 rings (SSSR count). The maximum atomic E-state index is 12.9. The van der Waals surface area contributed by atoms with E-state index in [4.69, 9.17) is 29.6 Å². The lowest BCUT2D eigenvalue weighted by Crippen LogP contribution is -2.61. The molecule has 244 valence electrons. The summed E-state index contributed by atoms with van der Waals surface area (Å²) in [5.74, 6) is -0.843. The van der Waals surface area contributed by atoms with Crippen molar-refractivity contribution in [2.24, 2.45) is 0 Å². The number of ether oxygens (including phenoxy) is 3. The normalized spacial score (nSPS) is 34.5. The van der Waals surface area contributed by atoms with Crippen LogP contribution in [0.3, 0.4) is 0 Å². The Morgan fingerprint density at radius 3 is 2.49 bits per heavy atom. The van der Waals surface area contributed by atoms with Crippen LogP contribution in [0.25, 0.3) is 0 Å². The average molecular weight is 679 g/mol. The van der Waals surface area contributed by atoms with Gasteiger partial charge in [-0.05, 0) is 0 Å². The van der Waals surface area contributed by atoms with Gasteiger partial charge in [0.15, 0.2) is 17.9 Å². The number of thiol groups is 1. The van der Waals surface area contributed by atoms with Crippen LogP contribution in [0, 0.1) is 0 Å². The second-order valence-corrected chi connectivity index (χ2v) is 13.6. The van der Waals surface area contributed by atoms with Gasteiger partial charge in [-0.3, -0.25) is 13.8 Å². The van der Waals surface area contributed by atoms with E-state index in [2.05, 4.69) is 42.9 Å². The fraction of sp³-hybridized carbons (Fsp3) is 0.650. The number of amides is 1. The highest BCUT2D eigenvalue weighted by Crippen LogP contribution is 2.66. The molecule has 0 aliphatic carbocycles. The number of carbonyl (C=O) groups excluding carboxylic acids is 1. The molecule has 2 aliphatic rings. The van der Waals surface area contributed by atoms with Crippen LogP contribution in [-0.2, 0) is 36.8 Å². The van der Waals surface area contributed by atoms with Crippen LogP contribution in [0.1, 0.15) is 18.7 Å². The number of nitrogens with two attached hydrogens (primary N) is 1. The zero-order valence-electron chi connectivity index (χ0n) is 22.2. The van der Waals surface area contributed by atoms with Crippen molar-refractivity contribution in [2.45, 2.75) is 68.1 Å². The van der Waals surface area contributed by atoms with Gasteiger partial charge in [-0.2, -0.15) is 4.31 Å². The molecule has 2 saturated heterocycles. The van der Waals surface area contributed by atoms with Crippen LogP contribution in [0.5, 0.6) is 5.75 Å². The van der Waals surface area contributed by atoms with Gasteiger partial charge in [0.05, 0.1) is 25.5 Å². The molecular formula is C20H32N4O16P2S. The second kappa shape index (κ2) is 14.5. The van der Waals surface area contributed by atoms with Crippen LogP contribution in [0.15, 0.2) is 19.2 Å². The number of aromatic nitrogens is 2. The van der Waals surface area contributed by atoms with Crippen molar-refractivity contribution in [3.05, 3.63) is 24.9 Å². The summed E-state index contributed by atoms with van der Waals surface area (Å²) in [5.41, 5.74) is 5.77. The Morgan fingerprint density at radius 1 is 1.21 bits per heavy atom. The number of aliphatic hydroxyl groups excluding tert-OH is 6. The minimum atomic E-state index is -5.53. The molecule has 0 aromatic carbocycles. The first-order valence-electron chi connectivity index (χ1n) is 12.2. The van der Waals surface area contributed by atoms with E-state index in [1.54, 1.807) is 0 Å². The van der Waals surface area contributed by atoms with E-state index in [9.17, 15) is 44.4 Å². The van der Waals surface area contributed by atoms with Crippen molar-refractivity contribution in [1.82, 2.24) is 15.3 Å². The molecule has 1 amide bonds. The highest BCUT2D eigenvalue weighted by atomic mass is 32.7. The number of phosphoric acid groups is 1. The Labute approximate surface area is 248 Å². The Morgan fingerprint density at radius 2 is 1.88 bits per heavy atom. The number of hydrogen-bond donors (Lipinski definition) is 10. The number of phosphoric ester groups is 1. The van der Waals surface area contributed by atoms with Gasteiger partial charge >= 0.3 is 14.6 Å². The van der Waals surface area contributed by atoms with Crippen molar-refractivity contribution in [3.63, 3.8) is 0 Å². The molecule has 0 bridgehead atoms. The molecule has 0 spiro atoms. The van der Waals surface area contributed by atoms with E-state index >= 15 is 0 Å². The summed E-state index contributed by atoms with van der Waals surface area (Å²) in [7, 11) is -5.53. The number of aliphatic hydroxyl groups is 6. The van der Waals surface area contributed by atoms with E-state index in [1.807, 2.05) is 0 Å². The van der Waals surface area contributed by atoms with Gasteiger partial charge in [0.25, 0.3) is 0 Å². The molecule has 8 unspecified atom stereocenters. The monoisotopic (exact) mass is 678 g/mol. The summed E-state index contributed by atoms with van der Waals surface area (Å²) >= 11 is 3.62. The average Bonchev–Trinajstić information content (AvgIpc) is 3.22. The van der Waals surface area contributed by atoms with Gasteiger partial charge in [0.2, 0.25) is 5.91 Å². The van der Waals surface area contributed by atoms with Crippen LogP contribution < -0.4 is 15.8 Å². The predicted octanol–water partition coefficient (Wildman–Crippen LogP) is -2.76. The molecule has 20 nitrogen and oxygen atoms in total. The Hall–Kier alpha value is -1.78. The van der Waals surface area contributed by atoms with E-state index in [-0.39, 0.29) is 17.3 Å². The molecule has 12 atom stereocenters. The van der Waals surface area contributed by atoms with Crippen molar-refractivity contribution < 1.29 is 77.0 Å². The van der Waals surface area contributed by atoms with Gasteiger partial charge in [-0.1, -0.05) is 18.8 Å². The molecule has 2 fully saturated rings. The minimum absolute atomic E-state index is 0.0423. The number of nitrogens with zero attached hydrogens (tertiary/aromatic N) is 2. The third kappa shape index (κ3) is 8.69. The van der Waals surface area contributed by atoms with Gasteiger partial charge in [0.1, 0.15) is 60.9 Å². The molecule has 43 heavy (non-hydrogen) atoms. The third-order valence-electron chi connectivity index (χ3n) is 6.12. The maximum absolute atomic E-state index is 12.9. The zero-order chi connectivity index (χ0) is 32.3. The number of carbonyl (C=O) groups is 1. The molecule has 1 aromatic heterocycles. The van der Waals surface area contributed by atoms with Crippen LogP contribution >= 0.6 is 26.9 Å². The zero-order valence-corrected chi connectivity index (χ0v) is 24.9. The first-order valence-corrected chi connectivity index (χ1v) is 16.4. The SMILES string of the molecule is C=COc1c(N)ncnc1C1O[C@H](COP(=O)(S)OP(=O)(O)OC2OC([C@@H](O)CO)C(O)C(O)C2O)[C@@H](NC(C)=O)[C@H]1O. The Balaban J connectivity index is 1.72. The summed E-state index contributed by atoms with van der Waals surface area (Å²) < 4.78 is 55.6. The summed E-state index contributed by atoms with van der Waals surface area (Å²) in [5, 5.41) is 62.3. The topological polar surface area (TPSA) is 312 Å². The fourth-order valence-electron chi connectivity index (χ4n) is 4.21. The van der Waals surface area contributed by atoms with Crippen molar-refractivity contribution in [3.8, 4) is 5.75 Å². The number of nitrogen functional groups attached to an aromatic ring is 1. The molecule has 3 heterocycles. The molecular weight excluding hydrogens is 646 g/mol. The van der Waals surface area contributed by atoms with Gasteiger partial charge < -0.3 is 60.8 Å². The van der Waals surface area contributed by atoms with Crippen LogP contribution in [-0.4, -0.2) is 120 Å². The van der Waals surface area contributed by atoms with Crippen molar-refractivity contribution in [2.75, 3.05) is 18.9 Å². The molecule has 0 radical (unpaired) electrons. The van der Waals surface area contributed by atoms with Gasteiger partial charge in [-0.25, -0.2) is 19.1 Å². The first-order chi connectivity index (χ1) is 20.0. The molecule has 23 heteroatoms. The number of anilines is 1. The third-order valence-corrected chi connectivity index (χ3v) is 9.72. The lowest BCUT2D eigenvalue weighted by atomic mass is 9.96. The smallest absolute Gasteiger partial charge is 0.460 e. The van der Waals surface area contributed by atoms with E-state index in [0.717, 1.165) is 19.5 Å². The summed E-state index contributed by atoms with van der Waals surface area (Å²) in [6.45, 7) is -2.05. The van der Waals surface area contributed by atoms with Crippen LogP contribution in [0.2, 0.25) is 0 Å².